The van der Waals surface area contributed by atoms with Gasteiger partial charge in [0.05, 0.1) is 7.11 Å². The van der Waals surface area contributed by atoms with Gasteiger partial charge < -0.3 is 19.8 Å². The van der Waals surface area contributed by atoms with E-state index in [2.05, 4.69) is 28.5 Å². The predicted molar refractivity (Wildman–Crippen MR) is 133 cm³/mol. The van der Waals surface area contributed by atoms with Gasteiger partial charge in [-0.25, -0.2) is 0 Å². The number of carbonyl (C=O) groups is 1. The second kappa shape index (κ2) is 10.9. The summed E-state index contributed by atoms with van der Waals surface area (Å²) in [4.78, 5) is 16.0. The normalized spacial score (nSPS) is 11.8. The number of nitriles is 1. The lowest BCUT2D eigenvalue weighted by Crippen LogP contribution is -2.27. The molecule has 1 amide bonds. The molecule has 4 rings (SSSR count). The van der Waals surface area contributed by atoms with Crippen LogP contribution in [0.1, 0.15) is 22.6 Å². The van der Waals surface area contributed by atoms with Crippen LogP contribution in [0, 0.1) is 11.3 Å². The largest absolute Gasteiger partial charge is 0.493 e. The Hall–Kier alpha value is -4.50. The molecule has 0 aliphatic rings. The van der Waals surface area contributed by atoms with Gasteiger partial charge in [0.15, 0.2) is 18.1 Å². The topological polar surface area (TPSA) is 87.1 Å². The third-order valence-electron chi connectivity index (χ3n) is 5.59. The monoisotopic (exact) mass is 451 g/mol. The molecule has 6 nitrogen and oxygen atoms in total. The van der Waals surface area contributed by atoms with Gasteiger partial charge in [-0.05, 0) is 41.0 Å². The van der Waals surface area contributed by atoms with E-state index in [1.165, 1.54) is 13.2 Å². The summed E-state index contributed by atoms with van der Waals surface area (Å²) in [6.45, 7) is 0.395. The molecule has 6 heteroatoms. The van der Waals surface area contributed by atoms with Gasteiger partial charge in [-0.2, -0.15) is 5.26 Å². The molecule has 1 atom stereocenters. The zero-order valence-electron chi connectivity index (χ0n) is 18.8. The Bertz CT molecular complexity index is 1340. The van der Waals surface area contributed by atoms with E-state index in [4.69, 9.17) is 14.7 Å². The average molecular weight is 452 g/mol. The first-order valence-electron chi connectivity index (χ1n) is 10.9. The van der Waals surface area contributed by atoms with E-state index in [-0.39, 0.29) is 18.4 Å². The molecule has 0 saturated carbocycles. The van der Waals surface area contributed by atoms with E-state index in [0.29, 0.717) is 18.0 Å². The third kappa shape index (κ3) is 5.28. The summed E-state index contributed by atoms with van der Waals surface area (Å²) in [6, 6.07) is 25.5. The standard InChI is InChI=1S/C28H25N3O3/c1-33-27-17-20(11-13-26(27)34-16-15-29)12-14-28(32)31-18-23(21-7-3-2-4-8-21)24-19-30-25-10-6-5-9-22(24)25/h2-14,17,19,23,30H,16,18H2,1H3,(H,31,32)/b14-12+. The van der Waals surface area contributed by atoms with E-state index in [0.717, 1.165) is 27.6 Å². The van der Waals surface area contributed by atoms with Crippen molar-refractivity contribution in [3.63, 3.8) is 0 Å². The molecule has 1 heterocycles. The summed E-state index contributed by atoms with van der Waals surface area (Å²) in [5.74, 6) is 0.798. The van der Waals surface area contributed by atoms with Gasteiger partial charge in [-0.3, -0.25) is 4.79 Å². The zero-order chi connectivity index (χ0) is 23.8. The van der Waals surface area contributed by atoms with Crippen LogP contribution in [0.2, 0.25) is 0 Å². The van der Waals surface area contributed by atoms with Crippen LogP contribution in [0.15, 0.2) is 85.1 Å². The van der Waals surface area contributed by atoms with Crippen LogP contribution in [0.25, 0.3) is 17.0 Å². The number of ether oxygens (including phenoxy) is 2. The quantitative estimate of drug-likeness (QED) is 0.349. The van der Waals surface area contributed by atoms with Crippen molar-refractivity contribution in [3.05, 3.63) is 102 Å². The van der Waals surface area contributed by atoms with Gasteiger partial charge in [0, 0.05) is 35.6 Å². The minimum absolute atomic E-state index is 0.00589. The van der Waals surface area contributed by atoms with Crippen LogP contribution in [0.4, 0.5) is 0 Å². The van der Waals surface area contributed by atoms with Gasteiger partial charge in [-0.15, -0.1) is 0 Å². The van der Waals surface area contributed by atoms with Gasteiger partial charge in [0.25, 0.3) is 0 Å². The zero-order valence-corrected chi connectivity index (χ0v) is 18.8. The Kier molecular flexibility index (Phi) is 7.26. The smallest absolute Gasteiger partial charge is 0.244 e. The number of amides is 1. The lowest BCUT2D eigenvalue weighted by atomic mass is 9.91. The Morgan fingerprint density at radius 1 is 1.09 bits per heavy atom. The number of hydrogen-bond donors (Lipinski definition) is 2. The third-order valence-corrected chi connectivity index (χ3v) is 5.59. The number of aromatic amines is 1. The number of nitrogens with one attached hydrogen (secondary N) is 2. The highest BCUT2D eigenvalue weighted by atomic mass is 16.5. The van der Waals surface area contributed by atoms with E-state index >= 15 is 0 Å². The van der Waals surface area contributed by atoms with Crippen LogP contribution >= 0.6 is 0 Å². The van der Waals surface area contributed by atoms with Crippen molar-refractivity contribution in [3.8, 4) is 17.6 Å². The van der Waals surface area contributed by atoms with Crippen LogP contribution in [0.3, 0.4) is 0 Å². The predicted octanol–water partition coefficient (Wildman–Crippen LogP) is 5.04. The summed E-state index contributed by atoms with van der Waals surface area (Å²) in [5.41, 5.74) is 4.13. The van der Waals surface area contributed by atoms with Gasteiger partial charge in [0.2, 0.25) is 5.91 Å². The Morgan fingerprint density at radius 3 is 2.68 bits per heavy atom. The number of methoxy groups -OCH3 is 1. The fourth-order valence-electron chi connectivity index (χ4n) is 3.93. The number of carbonyl (C=O) groups excluding carboxylic acids is 1. The number of H-pyrrole nitrogens is 1. The van der Waals surface area contributed by atoms with Crippen molar-refractivity contribution in [2.75, 3.05) is 20.3 Å². The summed E-state index contributed by atoms with van der Waals surface area (Å²) in [7, 11) is 1.53. The fourth-order valence-corrected chi connectivity index (χ4v) is 3.93. The highest BCUT2D eigenvalue weighted by Gasteiger charge is 2.18. The first-order valence-corrected chi connectivity index (χ1v) is 10.9. The number of rotatable bonds is 9. The summed E-state index contributed by atoms with van der Waals surface area (Å²) < 4.78 is 10.7. The van der Waals surface area contributed by atoms with Gasteiger partial charge >= 0.3 is 0 Å². The molecule has 0 bridgehead atoms. The maximum absolute atomic E-state index is 12.7. The number of fused-ring (bicyclic) bond motifs is 1. The summed E-state index contributed by atoms with van der Waals surface area (Å²) in [5, 5.41) is 12.9. The van der Waals surface area contributed by atoms with E-state index in [9.17, 15) is 4.79 Å². The highest BCUT2D eigenvalue weighted by molar-refractivity contribution is 5.92. The number of aromatic nitrogens is 1. The van der Waals surface area contributed by atoms with Crippen molar-refractivity contribution in [1.29, 1.82) is 5.26 Å². The molecular weight excluding hydrogens is 426 g/mol. The second-order valence-corrected chi connectivity index (χ2v) is 7.69. The van der Waals surface area contributed by atoms with Gasteiger partial charge in [0.1, 0.15) is 6.07 Å². The molecule has 34 heavy (non-hydrogen) atoms. The van der Waals surface area contributed by atoms with Crippen molar-refractivity contribution in [1.82, 2.24) is 10.3 Å². The molecule has 0 aliphatic carbocycles. The summed E-state index contributed by atoms with van der Waals surface area (Å²) >= 11 is 0. The number of benzene rings is 3. The lowest BCUT2D eigenvalue weighted by molar-refractivity contribution is -0.116. The first kappa shape index (κ1) is 22.7. The summed E-state index contributed by atoms with van der Waals surface area (Å²) in [6.07, 6.45) is 5.24. The van der Waals surface area contributed by atoms with Crippen LogP contribution in [-0.2, 0) is 4.79 Å². The Morgan fingerprint density at radius 2 is 1.88 bits per heavy atom. The molecule has 0 radical (unpaired) electrons. The molecule has 170 valence electrons. The van der Waals surface area contributed by atoms with E-state index in [1.807, 2.05) is 48.7 Å². The molecule has 2 N–H and O–H groups in total. The van der Waals surface area contributed by atoms with Gasteiger partial charge in [-0.1, -0.05) is 54.6 Å². The SMILES string of the molecule is COc1cc(/C=C/C(=O)NCC(c2ccccc2)c2c[nH]c3ccccc23)ccc1OCC#N. The maximum atomic E-state index is 12.7. The van der Waals surface area contributed by atoms with Crippen LogP contribution in [0.5, 0.6) is 11.5 Å². The average Bonchev–Trinajstić information content (AvgIpc) is 3.31. The van der Waals surface area contributed by atoms with Crippen LogP contribution in [-0.4, -0.2) is 31.2 Å². The molecule has 1 aromatic heterocycles. The minimum atomic E-state index is -0.190. The number of nitrogens with zero attached hydrogens (tertiary/aromatic N) is 1. The molecule has 0 fully saturated rings. The number of para-hydroxylation sites is 1. The van der Waals surface area contributed by atoms with Crippen molar-refractivity contribution < 1.29 is 14.3 Å². The van der Waals surface area contributed by atoms with E-state index < -0.39 is 0 Å². The Labute approximate surface area is 198 Å². The van der Waals surface area contributed by atoms with Crippen molar-refractivity contribution in [2.45, 2.75) is 5.92 Å². The molecule has 4 aromatic rings. The minimum Gasteiger partial charge on any atom is -0.493 e. The molecule has 0 saturated heterocycles. The molecule has 0 spiro atoms. The molecular formula is C28H25N3O3. The van der Waals surface area contributed by atoms with Crippen molar-refractivity contribution in [2.24, 2.45) is 0 Å². The van der Waals surface area contributed by atoms with Crippen molar-refractivity contribution >= 4 is 22.9 Å². The number of hydrogen-bond acceptors (Lipinski definition) is 4. The lowest BCUT2D eigenvalue weighted by Gasteiger charge is -2.17. The molecule has 0 aliphatic heterocycles. The first-order chi connectivity index (χ1) is 16.7. The van der Waals surface area contributed by atoms with E-state index in [1.54, 1.807) is 24.3 Å². The molecule has 3 aromatic carbocycles. The second-order valence-electron chi connectivity index (χ2n) is 7.69. The Balaban J connectivity index is 1.48. The maximum Gasteiger partial charge on any atom is 0.244 e. The highest BCUT2D eigenvalue weighted by Crippen LogP contribution is 2.31. The fraction of sp³-hybridized carbons (Fsp3) is 0.143. The van der Waals surface area contributed by atoms with Crippen LogP contribution < -0.4 is 14.8 Å². The molecule has 1 unspecified atom stereocenters.